The predicted octanol–water partition coefficient (Wildman–Crippen LogP) is 0.695. The first-order valence-electron chi connectivity index (χ1n) is 6.57. The van der Waals surface area contributed by atoms with Crippen LogP contribution in [0, 0.1) is 13.8 Å². The lowest BCUT2D eigenvalue weighted by Crippen LogP contribution is -2.34. The Labute approximate surface area is 109 Å². The van der Waals surface area contributed by atoms with Gasteiger partial charge in [0.25, 0.3) is 0 Å². The summed E-state index contributed by atoms with van der Waals surface area (Å²) >= 11 is 0. The molecule has 0 bridgehead atoms. The van der Waals surface area contributed by atoms with Gasteiger partial charge in [0.1, 0.15) is 0 Å². The number of nitrogens with zero attached hydrogens (tertiary/aromatic N) is 3. The Balaban J connectivity index is 2.78. The van der Waals surface area contributed by atoms with Gasteiger partial charge in [-0.05, 0) is 27.3 Å². The van der Waals surface area contributed by atoms with Crippen LogP contribution in [0.25, 0.3) is 0 Å². The molecule has 1 atom stereocenters. The number of aryl methyl sites for hydroxylation is 2. The topological polar surface area (TPSA) is 61.5 Å². The molecule has 1 rings (SSSR count). The van der Waals surface area contributed by atoms with Crippen molar-refractivity contribution in [3.05, 3.63) is 17.0 Å². The second kappa shape index (κ2) is 6.87. The summed E-state index contributed by atoms with van der Waals surface area (Å²) in [6.07, 6.45) is -0.674. The zero-order valence-electron chi connectivity index (χ0n) is 11.8. The van der Waals surface area contributed by atoms with E-state index in [0.717, 1.165) is 25.3 Å². The maximum atomic E-state index is 9.51. The Hall–Kier alpha value is -0.910. The van der Waals surface area contributed by atoms with Crippen LogP contribution in [0.15, 0.2) is 0 Å². The molecular weight excluding hydrogens is 230 g/mol. The number of aromatic nitrogens is 2. The molecule has 2 N–H and O–H groups in total. The average Bonchev–Trinajstić information content (AvgIpc) is 2.64. The Morgan fingerprint density at radius 3 is 2.44 bits per heavy atom. The highest BCUT2D eigenvalue weighted by Crippen LogP contribution is 2.15. The van der Waals surface area contributed by atoms with Crippen LogP contribution in [0.3, 0.4) is 0 Å². The van der Waals surface area contributed by atoms with E-state index >= 15 is 0 Å². The van der Waals surface area contributed by atoms with E-state index in [1.165, 1.54) is 11.3 Å². The fourth-order valence-electron chi connectivity index (χ4n) is 2.16. The molecule has 0 amide bonds. The molecule has 0 unspecified atom stereocenters. The fraction of sp³-hybridized carbons (Fsp3) is 0.769. The summed E-state index contributed by atoms with van der Waals surface area (Å²) in [5.74, 6) is 0. The zero-order valence-corrected chi connectivity index (χ0v) is 11.8. The lowest BCUT2D eigenvalue weighted by Gasteiger charge is -2.22. The summed E-state index contributed by atoms with van der Waals surface area (Å²) in [4.78, 5) is 2.12. The van der Waals surface area contributed by atoms with Crippen molar-refractivity contribution in [2.75, 3.05) is 19.7 Å². The van der Waals surface area contributed by atoms with Gasteiger partial charge < -0.3 is 10.2 Å². The van der Waals surface area contributed by atoms with E-state index in [0.29, 0.717) is 6.54 Å². The van der Waals surface area contributed by atoms with E-state index in [-0.39, 0.29) is 6.61 Å². The highest BCUT2D eigenvalue weighted by atomic mass is 16.3. The summed E-state index contributed by atoms with van der Waals surface area (Å²) in [5, 5.41) is 22.9. The molecule has 0 aliphatic rings. The maximum Gasteiger partial charge on any atom is 0.0897 e. The number of hydrogen-bond acceptors (Lipinski definition) is 4. The summed E-state index contributed by atoms with van der Waals surface area (Å²) in [7, 11) is 0. The van der Waals surface area contributed by atoms with Crippen LogP contribution in [0.5, 0.6) is 0 Å². The van der Waals surface area contributed by atoms with Crippen LogP contribution in [-0.4, -0.2) is 50.7 Å². The molecular formula is C13H25N3O2. The van der Waals surface area contributed by atoms with Crippen molar-refractivity contribution in [1.29, 1.82) is 0 Å². The van der Waals surface area contributed by atoms with Crippen LogP contribution in [-0.2, 0) is 13.1 Å². The van der Waals surface area contributed by atoms with E-state index in [4.69, 9.17) is 5.11 Å². The Morgan fingerprint density at radius 2 is 2.00 bits per heavy atom. The van der Waals surface area contributed by atoms with Crippen LogP contribution in [0.2, 0.25) is 0 Å². The van der Waals surface area contributed by atoms with Crippen molar-refractivity contribution in [2.45, 2.75) is 46.9 Å². The molecule has 1 heterocycles. The van der Waals surface area contributed by atoms with Crippen molar-refractivity contribution < 1.29 is 10.2 Å². The molecule has 0 radical (unpaired) electrons. The van der Waals surface area contributed by atoms with Crippen LogP contribution in [0.4, 0.5) is 0 Å². The van der Waals surface area contributed by atoms with Gasteiger partial charge >= 0.3 is 0 Å². The first-order valence-corrected chi connectivity index (χ1v) is 6.57. The first kappa shape index (κ1) is 15.1. The Bertz CT molecular complexity index is 377. The number of aliphatic hydroxyl groups excluding tert-OH is 2. The Kier molecular flexibility index (Phi) is 5.78. The minimum Gasteiger partial charge on any atom is -0.394 e. The van der Waals surface area contributed by atoms with Gasteiger partial charge in [0, 0.05) is 30.9 Å². The number of likely N-dealkylation sites (N-methyl/N-ethyl adjacent to an activating group) is 1. The monoisotopic (exact) mass is 255 g/mol. The normalized spacial score (nSPS) is 13.3. The van der Waals surface area contributed by atoms with Crippen molar-refractivity contribution in [1.82, 2.24) is 14.7 Å². The average molecular weight is 255 g/mol. The quantitative estimate of drug-likeness (QED) is 0.753. The fourth-order valence-corrected chi connectivity index (χ4v) is 2.16. The molecule has 0 fully saturated rings. The minimum atomic E-state index is -0.674. The van der Waals surface area contributed by atoms with Crippen molar-refractivity contribution in [3.8, 4) is 0 Å². The number of aliphatic hydroxyl groups is 2. The van der Waals surface area contributed by atoms with Crippen LogP contribution < -0.4 is 0 Å². The molecule has 0 saturated carbocycles. The largest absolute Gasteiger partial charge is 0.394 e. The van der Waals surface area contributed by atoms with Crippen molar-refractivity contribution in [3.63, 3.8) is 0 Å². The van der Waals surface area contributed by atoms with Crippen molar-refractivity contribution in [2.24, 2.45) is 0 Å². The third-order valence-corrected chi connectivity index (χ3v) is 3.34. The van der Waals surface area contributed by atoms with Gasteiger partial charge in [0.2, 0.25) is 0 Å². The summed E-state index contributed by atoms with van der Waals surface area (Å²) in [6.45, 7) is 11.0. The van der Waals surface area contributed by atoms with E-state index < -0.39 is 6.10 Å². The van der Waals surface area contributed by atoms with Gasteiger partial charge in [0.15, 0.2) is 0 Å². The zero-order chi connectivity index (χ0) is 13.7. The molecule has 104 valence electrons. The molecule has 0 spiro atoms. The minimum absolute atomic E-state index is 0.192. The molecule has 0 saturated heterocycles. The highest BCUT2D eigenvalue weighted by molar-refractivity contribution is 5.24. The van der Waals surface area contributed by atoms with Gasteiger partial charge in [0.05, 0.1) is 18.4 Å². The highest BCUT2D eigenvalue weighted by Gasteiger charge is 2.15. The molecule has 0 aliphatic carbocycles. The van der Waals surface area contributed by atoms with Crippen molar-refractivity contribution >= 4 is 0 Å². The number of hydrogen-bond donors (Lipinski definition) is 2. The third-order valence-electron chi connectivity index (χ3n) is 3.34. The third kappa shape index (κ3) is 3.54. The van der Waals surface area contributed by atoms with Gasteiger partial charge in [-0.25, -0.2) is 0 Å². The summed E-state index contributed by atoms with van der Waals surface area (Å²) in [6, 6.07) is 0. The van der Waals surface area contributed by atoms with E-state index in [2.05, 4.69) is 30.8 Å². The lowest BCUT2D eigenvalue weighted by atomic mass is 10.1. The molecule has 1 aromatic heterocycles. The van der Waals surface area contributed by atoms with E-state index in [1.54, 1.807) is 0 Å². The molecule has 5 nitrogen and oxygen atoms in total. The summed E-state index contributed by atoms with van der Waals surface area (Å²) < 4.78 is 2.00. The second-order valence-corrected chi connectivity index (χ2v) is 4.63. The van der Waals surface area contributed by atoms with Gasteiger partial charge in [-0.15, -0.1) is 0 Å². The van der Waals surface area contributed by atoms with Crippen LogP contribution >= 0.6 is 0 Å². The molecule has 18 heavy (non-hydrogen) atoms. The first-order chi connectivity index (χ1) is 8.53. The van der Waals surface area contributed by atoms with E-state index in [1.807, 2.05) is 11.6 Å². The molecule has 5 heteroatoms. The molecule has 0 aromatic carbocycles. The molecule has 1 aromatic rings. The van der Waals surface area contributed by atoms with Crippen LogP contribution in [0.1, 0.15) is 30.8 Å². The van der Waals surface area contributed by atoms with Gasteiger partial charge in [-0.1, -0.05) is 6.92 Å². The van der Waals surface area contributed by atoms with E-state index in [9.17, 15) is 5.11 Å². The lowest BCUT2D eigenvalue weighted by molar-refractivity contribution is 0.0583. The smallest absolute Gasteiger partial charge is 0.0897 e. The second-order valence-electron chi connectivity index (χ2n) is 4.63. The standard InChI is InChI=1S/C13H25N3O2/c1-5-15(7-12(18)9-17)8-13-10(3)14-16(6-2)11(13)4/h12,17-18H,5-9H2,1-4H3/t12-/m1/s1. The van der Waals surface area contributed by atoms with Gasteiger partial charge in [-0.3, -0.25) is 9.58 Å². The summed E-state index contributed by atoms with van der Waals surface area (Å²) in [5.41, 5.74) is 3.46. The van der Waals surface area contributed by atoms with Gasteiger partial charge in [-0.2, -0.15) is 5.10 Å². The maximum absolute atomic E-state index is 9.51. The number of rotatable bonds is 7. The molecule has 0 aliphatic heterocycles. The predicted molar refractivity (Wildman–Crippen MR) is 71.4 cm³/mol. The SMILES string of the molecule is CCN(Cc1c(C)nn(CC)c1C)C[C@@H](O)CO. The Morgan fingerprint density at radius 1 is 1.33 bits per heavy atom.